The molecule has 1 aliphatic rings. The molecule has 2 rings (SSSR count). The number of rotatable bonds is 8. The van der Waals surface area contributed by atoms with Crippen molar-refractivity contribution in [3.63, 3.8) is 0 Å². The van der Waals surface area contributed by atoms with E-state index in [4.69, 9.17) is 14.6 Å². The summed E-state index contributed by atoms with van der Waals surface area (Å²) in [6.45, 7) is 4.76. The minimum absolute atomic E-state index is 0.0580. The van der Waals surface area contributed by atoms with Crippen LogP contribution >= 0.6 is 0 Å². The zero-order chi connectivity index (χ0) is 18.3. The van der Waals surface area contributed by atoms with Crippen LogP contribution in [-0.2, 0) is 14.3 Å². The van der Waals surface area contributed by atoms with E-state index in [2.05, 4.69) is 5.32 Å². The molecule has 0 spiro atoms. The second-order valence-electron chi connectivity index (χ2n) is 7.26. The SMILES string of the molecule is CC(C)(CC(=O)O)CC(=O)Nc1ccccc1OC[C@@H]1CCCCO1. The van der Waals surface area contributed by atoms with Gasteiger partial charge in [-0.1, -0.05) is 26.0 Å². The van der Waals surface area contributed by atoms with Gasteiger partial charge in [0, 0.05) is 13.0 Å². The quantitative estimate of drug-likeness (QED) is 0.751. The standard InChI is InChI=1S/C19H27NO5/c1-19(2,12-18(22)23)11-17(21)20-15-8-3-4-9-16(15)25-13-14-7-5-6-10-24-14/h3-4,8-9,14H,5-7,10-13H2,1-2H3,(H,20,21)(H,22,23)/t14-/m0/s1. The van der Waals surface area contributed by atoms with Gasteiger partial charge in [0.25, 0.3) is 0 Å². The monoisotopic (exact) mass is 349 g/mol. The van der Waals surface area contributed by atoms with Crippen molar-refractivity contribution in [3.8, 4) is 5.75 Å². The number of benzene rings is 1. The van der Waals surface area contributed by atoms with Gasteiger partial charge in [-0.3, -0.25) is 9.59 Å². The molecule has 1 aromatic rings. The third-order valence-corrected chi connectivity index (χ3v) is 4.13. The Morgan fingerprint density at radius 2 is 2.04 bits per heavy atom. The van der Waals surface area contributed by atoms with Crippen molar-refractivity contribution in [2.24, 2.45) is 5.41 Å². The topological polar surface area (TPSA) is 84.9 Å². The Morgan fingerprint density at radius 1 is 1.28 bits per heavy atom. The second-order valence-corrected chi connectivity index (χ2v) is 7.26. The van der Waals surface area contributed by atoms with Gasteiger partial charge < -0.3 is 19.9 Å². The Kier molecular flexibility index (Phi) is 6.82. The van der Waals surface area contributed by atoms with Gasteiger partial charge in [-0.2, -0.15) is 0 Å². The summed E-state index contributed by atoms with van der Waals surface area (Å²) in [7, 11) is 0. The summed E-state index contributed by atoms with van der Waals surface area (Å²) in [5, 5.41) is 11.8. The molecule has 138 valence electrons. The van der Waals surface area contributed by atoms with Crippen molar-refractivity contribution in [2.45, 2.75) is 52.1 Å². The maximum atomic E-state index is 12.3. The van der Waals surface area contributed by atoms with Crippen molar-refractivity contribution in [3.05, 3.63) is 24.3 Å². The first-order valence-corrected chi connectivity index (χ1v) is 8.71. The number of amides is 1. The number of carbonyl (C=O) groups is 2. The molecule has 0 unspecified atom stereocenters. The number of hydrogen-bond acceptors (Lipinski definition) is 4. The molecule has 6 nitrogen and oxygen atoms in total. The molecule has 1 amide bonds. The molecule has 1 fully saturated rings. The lowest BCUT2D eigenvalue weighted by Crippen LogP contribution is -2.27. The largest absolute Gasteiger partial charge is 0.489 e. The third kappa shape index (κ3) is 6.74. The fourth-order valence-electron chi connectivity index (χ4n) is 2.92. The first-order chi connectivity index (χ1) is 11.9. The molecule has 2 N–H and O–H groups in total. The molecule has 0 saturated carbocycles. The maximum absolute atomic E-state index is 12.3. The van der Waals surface area contributed by atoms with E-state index in [-0.39, 0.29) is 24.9 Å². The third-order valence-electron chi connectivity index (χ3n) is 4.13. The normalized spacial score (nSPS) is 17.8. The zero-order valence-electron chi connectivity index (χ0n) is 14.9. The number of carboxylic acids is 1. The summed E-state index contributed by atoms with van der Waals surface area (Å²) in [6.07, 6.45) is 3.38. The van der Waals surface area contributed by atoms with Gasteiger partial charge >= 0.3 is 5.97 Å². The number of hydrogen-bond donors (Lipinski definition) is 2. The molecule has 1 saturated heterocycles. The molecular formula is C19H27NO5. The summed E-state index contributed by atoms with van der Waals surface area (Å²) in [5.74, 6) is -0.536. The molecule has 1 heterocycles. The lowest BCUT2D eigenvalue weighted by atomic mass is 9.85. The molecule has 25 heavy (non-hydrogen) atoms. The highest BCUT2D eigenvalue weighted by Gasteiger charge is 2.25. The van der Waals surface area contributed by atoms with Gasteiger partial charge in [0.05, 0.1) is 18.2 Å². The van der Waals surface area contributed by atoms with Gasteiger partial charge in [0.1, 0.15) is 12.4 Å². The Hall–Kier alpha value is -2.08. The van der Waals surface area contributed by atoms with Crippen LogP contribution in [0.15, 0.2) is 24.3 Å². The minimum Gasteiger partial charge on any atom is -0.489 e. The molecule has 0 radical (unpaired) electrons. The smallest absolute Gasteiger partial charge is 0.303 e. The predicted molar refractivity (Wildman–Crippen MR) is 94.8 cm³/mol. The van der Waals surface area contributed by atoms with Gasteiger partial charge in [-0.05, 0) is 36.8 Å². The Morgan fingerprint density at radius 3 is 2.72 bits per heavy atom. The van der Waals surface area contributed by atoms with Gasteiger partial charge in [-0.15, -0.1) is 0 Å². The molecule has 0 aromatic heterocycles. The Bertz CT molecular complexity index is 593. The van der Waals surface area contributed by atoms with Crippen LogP contribution in [0.1, 0.15) is 46.0 Å². The van der Waals surface area contributed by atoms with Crippen LogP contribution in [0.4, 0.5) is 5.69 Å². The van der Waals surface area contributed by atoms with Crippen LogP contribution in [0.3, 0.4) is 0 Å². The zero-order valence-corrected chi connectivity index (χ0v) is 14.9. The lowest BCUT2D eigenvalue weighted by molar-refractivity contribution is -0.139. The summed E-state index contributed by atoms with van der Waals surface area (Å²) in [4.78, 5) is 23.2. The lowest BCUT2D eigenvalue weighted by Gasteiger charge is -2.24. The molecule has 0 bridgehead atoms. The highest BCUT2D eigenvalue weighted by atomic mass is 16.5. The van der Waals surface area contributed by atoms with Crippen LogP contribution in [0.2, 0.25) is 0 Å². The van der Waals surface area contributed by atoms with Crippen LogP contribution < -0.4 is 10.1 Å². The first-order valence-electron chi connectivity index (χ1n) is 8.71. The highest BCUT2D eigenvalue weighted by molar-refractivity contribution is 5.92. The van der Waals surface area contributed by atoms with Crippen molar-refractivity contribution in [1.82, 2.24) is 0 Å². The van der Waals surface area contributed by atoms with Crippen molar-refractivity contribution in [2.75, 3.05) is 18.5 Å². The van der Waals surface area contributed by atoms with E-state index in [1.165, 1.54) is 0 Å². The molecular weight excluding hydrogens is 322 g/mol. The number of nitrogens with one attached hydrogen (secondary N) is 1. The van der Waals surface area contributed by atoms with Crippen LogP contribution in [0.25, 0.3) is 0 Å². The van der Waals surface area contributed by atoms with E-state index in [1.54, 1.807) is 26.0 Å². The first kappa shape index (κ1) is 19.2. The minimum atomic E-state index is -0.908. The van der Waals surface area contributed by atoms with E-state index < -0.39 is 11.4 Å². The van der Waals surface area contributed by atoms with Gasteiger partial charge in [-0.25, -0.2) is 0 Å². The van der Waals surface area contributed by atoms with Gasteiger partial charge in [0.2, 0.25) is 5.91 Å². The number of para-hydroxylation sites is 2. The summed E-state index contributed by atoms with van der Waals surface area (Å²) in [6, 6.07) is 7.25. The van der Waals surface area contributed by atoms with E-state index in [1.807, 2.05) is 12.1 Å². The van der Waals surface area contributed by atoms with Crippen LogP contribution in [-0.4, -0.2) is 36.3 Å². The molecule has 6 heteroatoms. The predicted octanol–water partition coefficient (Wildman–Crippen LogP) is 3.46. The fourth-order valence-corrected chi connectivity index (χ4v) is 2.92. The van der Waals surface area contributed by atoms with E-state index in [0.717, 1.165) is 25.9 Å². The van der Waals surface area contributed by atoms with Crippen molar-refractivity contribution in [1.29, 1.82) is 0 Å². The number of anilines is 1. The van der Waals surface area contributed by atoms with E-state index >= 15 is 0 Å². The fraction of sp³-hybridized carbons (Fsp3) is 0.579. The summed E-state index contributed by atoms with van der Waals surface area (Å²) >= 11 is 0. The molecule has 1 aromatic carbocycles. The second kappa shape index (κ2) is 8.85. The number of ether oxygens (including phenoxy) is 2. The Labute approximate surface area is 148 Å². The number of carbonyl (C=O) groups excluding carboxylic acids is 1. The Balaban J connectivity index is 1.92. The van der Waals surface area contributed by atoms with Crippen LogP contribution in [0, 0.1) is 5.41 Å². The average Bonchev–Trinajstić information content (AvgIpc) is 2.53. The molecule has 0 aliphatic carbocycles. The molecule has 1 atom stereocenters. The van der Waals surface area contributed by atoms with E-state index in [0.29, 0.717) is 18.0 Å². The van der Waals surface area contributed by atoms with Crippen molar-refractivity contribution < 1.29 is 24.2 Å². The number of carboxylic acid groups (broad SMARTS) is 1. The molecule has 1 aliphatic heterocycles. The summed E-state index contributed by atoms with van der Waals surface area (Å²) < 4.78 is 11.5. The van der Waals surface area contributed by atoms with Crippen molar-refractivity contribution >= 4 is 17.6 Å². The van der Waals surface area contributed by atoms with Gasteiger partial charge in [0.15, 0.2) is 0 Å². The average molecular weight is 349 g/mol. The van der Waals surface area contributed by atoms with Crippen LogP contribution in [0.5, 0.6) is 5.75 Å². The summed E-state index contributed by atoms with van der Waals surface area (Å²) in [5.41, 5.74) is -0.0174. The van der Waals surface area contributed by atoms with E-state index in [9.17, 15) is 9.59 Å². The number of aliphatic carboxylic acids is 1. The maximum Gasteiger partial charge on any atom is 0.303 e. The highest BCUT2D eigenvalue weighted by Crippen LogP contribution is 2.28.